The molecule has 0 fully saturated rings. The number of aliphatic hydroxyl groups is 1. The Morgan fingerprint density at radius 3 is 0.788 bits per heavy atom. The molecule has 0 amide bonds. The molecule has 0 aliphatic rings. The number of rotatable bonds is 82. The summed E-state index contributed by atoms with van der Waals surface area (Å²) in [5.74, 6) is -0.604. The predicted molar refractivity (Wildman–Crippen MR) is 427 cm³/mol. The van der Waals surface area contributed by atoms with Crippen molar-refractivity contribution in [2.45, 2.75) is 445 Å². The monoisotopic (exact) mass is 1520 g/mol. The number of unbranched alkanes of at least 4 members (excludes halogenated alkanes) is 49. The Morgan fingerprint density at radius 1 is 0.298 bits per heavy atom. The third kappa shape index (κ3) is 77.7. The van der Waals surface area contributed by atoms with Gasteiger partial charge in [-0.3, -0.25) is 37.3 Å². The SMILES string of the molecule is CCCCCC/C=C\C=C/CCCCCCCC(=O)O[C@H](COC(=O)CCCCCCCCCCC(C)C)COP(=O)(O)OC[C@H](O)COP(=O)(O)OC[C@@H](COC(=O)CCCCCCCCCCCCCCCCCCCCC)OC(=O)CCCCCCCCCCCCCCCCCCC(C)C. The normalized spacial score (nSPS) is 14.0. The molecule has 5 atom stereocenters. The van der Waals surface area contributed by atoms with Crippen LogP contribution >= 0.6 is 15.6 Å². The van der Waals surface area contributed by atoms with Gasteiger partial charge in [-0.15, -0.1) is 0 Å². The molecule has 0 radical (unpaired) electrons. The number of hydrogen-bond acceptors (Lipinski definition) is 15. The lowest BCUT2D eigenvalue weighted by molar-refractivity contribution is -0.161. The Labute approximate surface area is 637 Å². The van der Waals surface area contributed by atoms with Crippen LogP contribution in [0, 0.1) is 11.8 Å². The highest BCUT2D eigenvalue weighted by Crippen LogP contribution is 2.45. The minimum atomic E-state index is -4.97. The van der Waals surface area contributed by atoms with Crippen LogP contribution in [0.4, 0.5) is 0 Å². The third-order valence-corrected chi connectivity index (χ3v) is 21.2. The zero-order valence-corrected chi connectivity index (χ0v) is 69.6. The van der Waals surface area contributed by atoms with Gasteiger partial charge in [0.05, 0.1) is 26.4 Å². The maximum absolute atomic E-state index is 13.1. The lowest BCUT2D eigenvalue weighted by Gasteiger charge is -2.21. The van der Waals surface area contributed by atoms with Gasteiger partial charge in [0, 0.05) is 25.7 Å². The maximum Gasteiger partial charge on any atom is 0.472 e. The first-order valence-electron chi connectivity index (χ1n) is 43.3. The number of phosphoric acid groups is 2. The second kappa shape index (κ2) is 75.9. The minimum absolute atomic E-state index is 0.0847. The van der Waals surface area contributed by atoms with Crippen molar-refractivity contribution in [3.05, 3.63) is 24.3 Å². The van der Waals surface area contributed by atoms with Gasteiger partial charge in [0.1, 0.15) is 19.3 Å². The van der Waals surface area contributed by atoms with Crippen molar-refractivity contribution in [1.82, 2.24) is 0 Å². The Morgan fingerprint density at radius 2 is 0.519 bits per heavy atom. The molecule has 0 heterocycles. The van der Waals surface area contributed by atoms with Crippen LogP contribution < -0.4 is 0 Å². The van der Waals surface area contributed by atoms with Crippen LogP contribution in [0.5, 0.6) is 0 Å². The van der Waals surface area contributed by atoms with Crippen LogP contribution in [0.15, 0.2) is 24.3 Å². The van der Waals surface area contributed by atoms with Crippen molar-refractivity contribution < 1.29 is 80.2 Å². The molecule has 17 nitrogen and oxygen atoms in total. The van der Waals surface area contributed by atoms with E-state index in [1.807, 2.05) is 0 Å². The molecular formula is C85H162O17P2. The minimum Gasteiger partial charge on any atom is -0.462 e. The smallest absolute Gasteiger partial charge is 0.462 e. The van der Waals surface area contributed by atoms with Crippen LogP contribution in [0.1, 0.15) is 427 Å². The largest absolute Gasteiger partial charge is 0.472 e. The summed E-state index contributed by atoms with van der Waals surface area (Å²) in [5.41, 5.74) is 0. The summed E-state index contributed by atoms with van der Waals surface area (Å²) in [7, 11) is -9.94. The number of carbonyl (C=O) groups excluding carboxylic acids is 4. The first kappa shape index (κ1) is 102. The molecule has 0 aromatic carbocycles. The van der Waals surface area contributed by atoms with Crippen molar-refractivity contribution in [1.29, 1.82) is 0 Å². The number of allylic oxidation sites excluding steroid dienone is 4. The average Bonchev–Trinajstić information content (AvgIpc) is 0.905. The van der Waals surface area contributed by atoms with Crippen molar-refractivity contribution in [2.24, 2.45) is 11.8 Å². The number of esters is 4. The van der Waals surface area contributed by atoms with Gasteiger partial charge in [-0.25, -0.2) is 9.13 Å². The van der Waals surface area contributed by atoms with E-state index in [2.05, 4.69) is 65.8 Å². The highest BCUT2D eigenvalue weighted by Gasteiger charge is 2.30. The number of ether oxygens (including phenoxy) is 4. The number of phosphoric ester groups is 2. The fourth-order valence-corrected chi connectivity index (χ4v) is 14.3. The second-order valence-electron chi connectivity index (χ2n) is 30.8. The molecule has 0 spiro atoms. The molecule has 0 saturated heterocycles. The third-order valence-electron chi connectivity index (χ3n) is 19.3. The van der Waals surface area contributed by atoms with E-state index in [0.717, 1.165) is 121 Å². The summed E-state index contributed by atoms with van der Waals surface area (Å²) in [6, 6.07) is 0. The highest BCUT2D eigenvalue weighted by molar-refractivity contribution is 7.47. The zero-order valence-electron chi connectivity index (χ0n) is 67.8. The van der Waals surface area contributed by atoms with Crippen molar-refractivity contribution in [2.75, 3.05) is 39.6 Å². The molecule has 0 rings (SSSR count). The lowest BCUT2D eigenvalue weighted by atomic mass is 10.0. The molecule has 2 unspecified atom stereocenters. The van der Waals surface area contributed by atoms with Gasteiger partial charge in [-0.05, 0) is 63.2 Å². The first-order valence-corrected chi connectivity index (χ1v) is 46.3. The Kier molecular flexibility index (Phi) is 74.1. The van der Waals surface area contributed by atoms with Crippen LogP contribution in [0.3, 0.4) is 0 Å². The molecule has 0 bridgehead atoms. The number of hydrogen-bond donors (Lipinski definition) is 3. The molecule has 0 aliphatic carbocycles. The summed E-state index contributed by atoms with van der Waals surface area (Å²) in [6.45, 7) is 9.59. The lowest BCUT2D eigenvalue weighted by Crippen LogP contribution is -2.30. The van der Waals surface area contributed by atoms with Crippen LogP contribution in [0.25, 0.3) is 0 Å². The Hall–Kier alpha value is -2.46. The standard InChI is InChI=1S/C85H162O17P2/c1-7-9-11-13-15-17-19-21-23-24-25-26-31-34-38-42-49-55-61-67-82(87)95-73-80(101-84(89)70-64-58-52-44-40-36-32-28-27-30-33-37-41-47-53-59-65-77(3)4)75-99-103(91,92)97-71-79(86)72-98-104(93,94)100-76-81(74-96-83(88)68-62-56-50-46-45-48-54-60-66-78(5)6)102-85(90)69-63-57-51-43-39-35-29-22-20-18-16-14-12-10-8-2/h18,20,22,29,77-81,86H,7-17,19,21,23-28,30-76H2,1-6H3,(H,91,92)(H,93,94)/b20-18-,29-22-/t79-,80-,81-/m1/s1. The van der Waals surface area contributed by atoms with Crippen LogP contribution in [-0.2, 0) is 65.4 Å². The van der Waals surface area contributed by atoms with Gasteiger partial charge in [0.2, 0.25) is 0 Å². The first-order chi connectivity index (χ1) is 50.4. The molecule has 3 N–H and O–H groups in total. The molecule has 104 heavy (non-hydrogen) atoms. The number of aliphatic hydroxyl groups excluding tert-OH is 1. The summed E-state index contributed by atoms with van der Waals surface area (Å²) in [5, 5.41) is 10.7. The predicted octanol–water partition coefficient (Wildman–Crippen LogP) is 25.4. The van der Waals surface area contributed by atoms with Crippen molar-refractivity contribution >= 4 is 39.5 Å². The van der Waals surface area contributed by atoms with E-state index in [1.54, 1.807) is 0 Å². The van der Waals surface area contributed by atoms with E-state index in [1.165, 1.54) is 225 Å². The fourth-order valence-electron chi connectivity index (χ4n) is 12.7. The number of carbonyl (C=O) groups is 4. The fraction of sp³-hybridized carbons (Fsp3) is 0.906. The van der Waals surface area contributed by atoms with E-state index in [-0.39, 0.29) is 25.7 Å². The van der Waals surface area contributed by atoms with Gasteiger partial charge < -0.3 is 33.8 Å². The Bertz CT molecular complexity index is 2090. The van der Waals surface area contributed by atoms with E-state index in [4.69, 9.17) is 37.0 Å². The van der Waals surface area contributed by atoms with E-state index in [9.17, 15) is 43.2 Å². The van der Waals surface area contributed by atoms with Gasteiger partial charge >= 0.3 is 39.5 Å². The van der Waals surface area contributed by atoms with Crippen molar-refractivity contribution in [3.63, 3.8) is 0 Å². The van der Waals surface area contributed by atoms with Gasteiger partial charge in [-0.2, -0.15) is 0 Å². The maximum atomic E-state index is 13.1. The molecule has 0 saturated carbocycles. The summed E-state index contributed by atoms with van der Waals surface area (Å²) in [6.07, 6.45) is 70.3. The van der Waals surface area contributed by atoms with E-state index in [0.29, 0.717) is 25.7 Å². The van der Waals surface area contributed by atoms with Crippen LogP contribution in [-0.4, -0.2) is 96.7 Å². The Balaban J connectivity index is 5.27. The van der Waals surface area contributed by atoms with Gasteiger partial charge in [0.15, 0.2) is 12.2 Å². The van der Waals surface area contributed by atoms with Gasteiger partial charge in [0.25, 0.3) is 0 Å². The van der Waals surface area contributed by atoms with Crippen LogP contribution in [0.2, 0.25) is 0 Å². The highest BCUT2D eigenvalue weighted by atomic mass is 31.2. The summed E-state index contributed by atoms with van der Waals surface area (Å²) in [4.78, 5) is 73.2. The van der Waals surface area contributed by atoms with Crippen molar-refractivity contribution in [3.8, 4) is 0 Å². The molecule has 0 aliphatic heterocycles. The summed E-state index contributed by atoms with van der Waals surface area (Å²) < 4.78 is 68.8. The van der Waals surface area contributed by atoms with E-state index >= 15 is 0 Å². The zero-order chi connectivity index (χ0) is 76.4. The second-order valence-corrected chi connectivity index (χ2v) is 33.7. The average molecular weight is 1520 g/mol. The molecule has 0 aromatic rings. The molecule has 614 valence electrons. The van der Waals surface area contributed by atoms with Gasteiger partial charge in [-0.1, -0.05) is 374 Å². The topological polar surface area (TPSA) is 237 Å². The molecule has 19 heteroatoms. The quantitative estimate of drug-likeness (QED) is 0.0169. The molecule has 0 aromatic heterocycles. The summed E-state index contributed by atoms with van der Waals surface area (Å²) >= 11 is 0. The molecular weight excluding hydrogens is 1350 g/mol. The van der Waals surface area contributed by atoms with E-state index < -0.39 is 97.5 Å².